The number of rotatable bonds is 2. The average Bonchev–Trinajstić information content (AvgIpc) is 2.83. The molecule has 0 unspecified atom stereocenters. The van der Waals surface area contributed by atoms with Gasteiger partial charge in [-0.2, -0.15) is 0 Å². The van der Waals surface area contributed by atoms with Gasteiger partial charge in [0.1, 0.15) is 10.7 Å². The minimum Gasteiger partial charge on any atom is -0.508 e. The van der Waals surface area contributed by atoms with E-state index in [1.54, 1.807) is 12.1 Å². The molecule has 2 aromatic rings. The van der Waals surface area contributed by atoms with Gasteiger partial charge in [-0.1, -0.05) is 12.2 Å². The molecule has 1 aromatic heterocycles. The predicted molar refractivity (Wildman–Crippen MR) is 91.0 cm³/mol. The largest absolute Gasteiger partial charge is 0.508 e. The van der Waals surface area contributed by atoms with Crippen molar-refractivity contribution in [1.82, 2.24) is 9.47 Å². The fraction of sp³-hybridized carbons (Fsp3) is 0.353. The summed E-state index contributed by atoms with van der Waals surface area (Å²) in [6.45, 7) is 7.32. The maximum absolute atomic E-state index is 9.46. The maximum atomic E-state index is 9.46. The lowest BCUT2D eigenvalue weighted by Crippen LogP contribution is -2.40. The number of ether oxygens (including phenoxy) is 1. The molecule has 0 spiro atoms. The van der Waals surface area contributed by atoms with Crippen molar-refractivity contribution in [2.45, 2.75) is 13.8 Å². The third-order valence-electron chi connectivity index (χ3n) is 4.07. The average molecular weight is 316 g/mol. The van der Waals surface area contributed by atoms with E-state index in [1.807, 2.05) is 12.1 Å². The molecular formula is C17H20N2O2S. The number of morpholine rings is 1. The van der Waals surface area contributed by atoms with E-state index in [1.165, 1.54) is 0 Å². The Morgan fingerprint density at radius 2 is 1.77 bits per heavy atom. The van der Waals surface area contributed by atoms with Gasteiger partial charge in [0.2, 0.25) is 0 Å². The molecule has 1 aliphatic rings. The van der Waals surface area contributed by atoms with Crippen LogP contribution < -0.4 is 0 Å². The number of aromatic nitrogens is 1. The van der Waals surface area contributed by atoms with Gasteiger partial charge in [-0.15, -0.1) is 0 Å². The van der Waals surface area contributed by atoms with Crippen LogP contribution >= 0.6 is 12.2 Å². The van der Waals surface area contributed by atoms with Crippen molar-refractivity contribution in [3.8, 4) is 11.4 Å². The fourth-order valence-electron chi connectivity index (χ4n) is 2.92. The highest BCUT2D eigenvalue weighted by molar-refractivity contribution is 7.80. The van der Waals surface area contributed by atoms with Gasteiger partial charge in [-0.3, -0.25) is 0 Å². The summed E-state index contributed by atoms with van der Waals surface area (Å²) in [4.78, 5) is 3.10. The molecule has 2 heterocycles. The van der Waals surface area contributed by atoms with E-state index in [9.17, 15) is 5.11 Å². The molecule has 116 valence electrons. The number of phenolic OH excluding ortho intramolecular Hbond substituents is 1. The van der Waals surface area contributed by atoms with Gasteiger partial charge < -0.3 is 19.3 Å². The molecule has 4 nitrogen and oxygen atoms in total. The summed E-state index contributed by atoms with van der Waals surface area (Å²) < 4.78 is 7.56. The van der Waals surface area contributed by atoms with Crippen LogP contribution in [0.15, 0.2) is 30.3 Å². The Morgan fingerprint density at radius 3 is 2.41 bits per heavy atom. The molecule has 0 bridgehead atoms. The van der Waals surface area contributed by atoms with Crippen molar-refractivity contribution in [3.05, 3.63) is 47.3 Å². The van der Waals surface area contributed by atoms with Crippen molar-refractivity contribution in [1.29, 1.82) is 0 Å². The van der Waals surface area contributed by atoms with Crippen LogP contribution in [0.5, 0.6) is 5.75 Å². The maximum Gasteiger partial charge on any atom is 0.115 e. The third kappa shape index (κ3) is 2.74. The van der Waals surface area contributed by atoms with Crippen LogP contribution in [-0.2, 0) is 4.74 Å². The summed E-state index contributed by atoms with van der Waals surface area (Å²) in [6.07, 6.45) is 0. The van der Waals surface area contributed by atoms with Crippen LogP contribution in [0.2, 0.25) is 0 Å². The summed E-state index contributed by atoms with van der Waals surface area (Å²) >= 11 is 5.69. The van der Waals surface area contributed by atoms with Gasteiger partial charge in [-0.25, -0.2) is 0 Å². The van der Waals surface area contributed by atoms with Crippen LogP contribution in [0.25, 0.3) is 5.69 Å². The Bertz CT molecular complexity index is 685. The molecule has 0 radical (unpaired) electrons. The Morgan fingerprint density at radius 1 is 1.14 bits per heavy atom. The van der Waals surface area contributed by atoms with Crippen LogP contribution in [0.4, 0.5) is 0 Å². The summed E-state index contributed by atoms with van der Waals surface area (Å²) in [7, 11) is 0. The lowest BCUT2D eigenvalue weighted by atomic mass is 10.2. The molecule has 0 saturated carbocycles. The highest BCUT2D eigenvalue weighted by atomic mass is 32.1. The molecule has 0 amide bonds. The zero-order valence-corrected chi connectivity index (χ0v) is 13.7. The first kappa shape index (κ1) is 15.1. The lowest BCUT2D eigenvalue weighted by molar-refractivity contribution is 0.0692. The van der Waals surface area contributed by atoms with Crippen molar-refractivity contribution in [2.75, 3.05) is 26.3 Å². The van der Waals surface area contributed by atoms with Gasteiger partial charge >= 0.3 is 0 Å². The van der Waals surface area contributed by atoms with E-state index < -0.39 is 0 Å². The van der Waals surface area contributed by atoms with E-state index in [0.717, 1.165) is 53.9 Å². The Balaban J connectivity index is 1.95. The molecule has 5 heteroatoms. The predicted octanol–water partition coefficient (Wildman–Crippen LogP) is 2.81. The first-order valence-corrected chi connectivity index (χ1v) is 7.84. The molecule has 3 rings (SSSR count). The zero-order valence-electron chi connectivity index (χ0n) is 12.9. The standard InChI is InChI=1S/C17H20N2O2S/c1-12-11-16(17(22)18-7-9-21-10-8-18)13(2)19(12)14-3-5-15(20)6-4-14/h3-6,11,20H,7-10H2,1-2H3. The summed E-state index contributed by atoms with van der Waals surface area (Å²) in [5.74, 6) is 0.273. The molecule has 1 aliphatic heterocycles. The first-order chi connectivity index (χ1) is 10.6. The second-order valence-corrected chi connectivity index (χ2v) is 5.93. The number of nitrogens with zero attached hydrogens (tertiary/aromatic N) is 2. The second kappa shape index (κ2) is 6.10. The smallest absolute Gasteiger partial charge is 0.115 e. The molecule has 1 fully saturated rings. The fourth-order valence-corrected chi connectivity index (χ4v) is 3.30. The number of hydrogen-bond acceptors (Lipinski definition) is 3. The molecule has 22 heavy (non-hydrogen) atoms. The van der Waals surface area contributed by atoms with Crippen molar-refractivity contribution in [3.63, 3.8) is 0 Å². The van der Waals surface area contributed by atoms with Gasteiger partial charge in [0.05, 0.1) is 13.2 Å². The highest BCUT2D eigenvalue weighted by Gasteiger charge is 2.20. The van der Waals surface area contributed by atoms with Crippen molar-refractivity contribution >= 4 is 17.2 Å². The molecule has 0 atom stereocenters. The lowest BCUT2D eigenvalue weighted by Gasteiger charge is -2.29. The summed E-state index contributed by atoms with van der Waals surface area (Å²) in [5.41, 5.74) is 4.39. The van der Waals surface area contributed by atoms with E-state index in [4.69, 9.17) is 17.0 Å². The minimum absolute atomic E-state index is 0.273. The quantitative estimate of drug-likeness (QED) is 0.865. The third-order valence-corrected chi connectivity index (χ3v) is 4.55. The van der Waals surface area contributed by atoms with Gasteiger partial charge in [-0.05, 0) is 44.2 Å². The number of thiocarbonyl (C=S) groups is 1. The van der Waals surface area contributed by atoms with Crippen LogP contribution in [0, 0.1) is 13.8 Å². The van der Waals surface area contributed by atoms with Gasteiger partial charge in [0.15, 0.2) is 0 Å². The van der Waals surface area contributed by atoms with Gasteiger partial charge in [0.25, 0.3) is 0 Å². The molecular weight excluding hydrogens is 296 g/mol. The molecule has 1 N–H and O–H groups in total. The number of hydrogen-bond donors (Lipinski definition) is 1. The van der Waals surface area contributed by atoms with E-state index in [-0.39, 0.29) is 5.75 Å². The minimum atomic E-state index is 0.273. The van der Waals surface area contributed by atoms with Crippen molar-refractivity contribution < 1.29 is 9.84 Å². The number of aryl methyl sites for hydroxylation is 1. The van der Waals surface area contributed by atoms with Gasteiger partial charge in [0, 0.05) is 35.7 Å². The monoisotopic (exact) mass is 316 g/mol. The molecule has 0 aliphatic carbocycles. The van der Waals surface area contributed by atoms with Crippen LogP contribution in [-0.4, -0.2) is 45.9 Å². The topological polar surface area (TPSA) is 37.6 Å². The molecule has 1 saturated heterocycles. The van der Waals surface area contributed by atoms with Crippen LogP contribution in [0.3, 0.4) is 0 Å². The highest BCUT2D eigenvalue weighted by Crippen LogP contribution is 2.24. The van der Waals surface area contributed by atoms with E-state index in [0.29, 0.717) is 0 Å². The Labute approximate surface area is 135 Å². The normalized spacial score (nSPS) is 15.1. The van der Waals surface area contributed by atoms with E-state index in [2.05, 4.69) is 29.4 Å². The number of phenols is 1. The summed E-state index contributed by atoms with van der Waals surface area (Å²) in [5, 5.41) is 9.46. The Hall–Kier alpha value is -1.85. The second-order valence-electron chi connectivity index (χ2n) is 5.54. The van der Waals surface area contributed by atoms with Crippen LogP contribution in [0.1, 0.15) is 17.0 Å². The summed E-state index contributed by atoms with van der Waals surface area (Å²) in [6, 6.07) is 9.37. The Kier molecular flexibility index (Phi) is 4.18. The molecule has 1 aromatic carbocycles. The SMILES string of the molecule is Cc1cc(C(=S)N2CCOCC2)c(C)n1-c1ccc(O)cc1. The number of aromatic hydroxyl groups is 1. The van der Waals surface area contributed by atoms with E-state index >= 15 is 0 Å². The first-order valence-electron chi connectivity index (χ1n) is 7.43. The zero-order chi connectivity index (χ0) is 15.7. The van der Waals surface area contributed by atoms with Crippen molar-refractivity contribution in [2.24, 2.45) is 0 Å². The number of benzene rings is 1.